The molecular formula is C18H27N5O2S. The number of nitrogens with zero attached hydrogens (tertiary/aromatic N) is 5. The first-order valence-electron chi connectivity index (χ1n) is 8.84. The third-order valence-corrected chi connectivity index (χ3v) is 7.30. The van der Waals surface area contributed by atoms with Gasteiger partial charge in [-0.05, 0) is 49.8 Å². The average Bonchev–Trinajstić information content (AvgIpc) is 2.94. The van der Waals surface area contributed by atoms with Crippen LogP contribution in [0.4, 0.5) is 5.82 Å². The molecule has 26 heavy (non-hydrogen) atoms. The summed E-state index contributed by atoms with van der Waals surface area (Å²) in [4.78, 5) is 6.83. The first kappa shape index (κ1) is 18.8. The highest BCUT2D eigenvalue weighted by Gasteiger charge is 2.32. The number of hydrogen-bond acceptors (Lipinski definition) is 5. The quantitative estimate of drug-likeness (QED) is 0.816. The summed E-state index contributed by atoms with van der Waals surface area (Å²) in [5, 5.41) is 4.07. The van der Waals surface area contributed by atoms with Gasteiger partial charge in [0.1, 0.15) is 10.7 Å². The van der Waals surface area contributed by atoms with Crippen LogP contribution in [0.3, 0.4) is 0 Å². The molecule has 0 amide bonds. The van der Waals surface area contributed by atoms with E-state index in [2.05, 4.69) is 23.1 Å². The van der Waals surface area contributed by atoms with Crippen LogP contribution in [-0.4, -0.2) is 54.7 Å². The van der Waals surface area contributed by atoms with Gasteiger partial charge in [-0.1, -0.05) is 0 Å². The molecule has 8 heteroatoms. The summed E-state index contributed by atoms with van der Waals surface area (Å²) >= 11 is 0. The molecule has 1 aliphatic heterocycles. The molecule has 0 saturated carbocycles. The number of anilines is 1. The molecule has 142 valence electrons. The topological polar surface area (TPSA) is 71.3 Å². The Balaban J connectivity index is 1.74. The fourth-order valence-corrected chi connectivity index (χ4v) is 5.16. The zero-order valence-electron chi connectivity index (χ0n) is 16.1. The van der Waals surface area contributed by atoms with Crippen LogP contribution in [-0.2, 0) is 17.1 Å². The third-order valence-electron chi connectivity index (χ3n) is 5.30. The zero-order valence-corrected chi connectivity index (χ0v) is 16.9. The van der Waals surface area contributed by atoms with Crippen molar-refractivity contribution in [3.05, 3.63) is 35.3 Å². The van der Waals surface area contributed by atoms with Crippen molar-refractivity contribution in [3.63, 3.8) is 0 Å². The highest BCUT2D eigenvalue weighted by molar-refractivity contribution is 7.89. The van der Waals surface area contributed by atoms with Gasteiger partial charge >= 0.3 is 0 Å². The maximum atomic E-state index is 12.9. The number of hydrogen-bond donors (Lipinski definition) is 0. The Morgan fingerprint density at radius 3 is 2.31 bits per heavy atom. The highest BCUT2D eigenvalue weighted by Crippen LogP contribution is 2.33. The summed E-state index contributed by atoms with van der Waals surface area (Å²) in [7, 11) is 2.23. The predicted molar refractivity (Wildman–Crippen MR) is 102 cm³/mol. The van der Waals surface area contributed by atoms with E-state index in [1.54, 1.807) is 23.0 Å². The summed E-state index contributed by atoms with van der Waals surface area (Å²) in [6.07, 6.45) is 5.01. The number of aryl methyl sites for hydroxylation is 2. The summed E-state index contributed by atoms with van der Waals surface area (Å²) in [6.45, 7) is 4.94. The Morgan fingerprint density at radius 2 is 1.81 bits per heavy atom. The van der Waals surface area contributed by atoms with E-state index in [0.717, 1.165) is 18.7 Å². The third kappa shape index (κ3) is 3.35. The summed E-state index contributed by atoms with van der Waals surface area (Å²) in [6, 6.07) is 2.09. The number of aromatic nitrogens is 3. The normalized spacial score (nSPS) is 16.8. The molecule has 2 aromatic rings. The minimum Gasteiger partial charge on any atom is -0.363 e. The molecule has 0 unspecified atom stereocenters. The monoisotopic (exact) mass is 377 g/mol. The van der Waals surface area contributed by atoms with Crippen molar-refractivity contribution in [3.8, 4) is 0 Å². The molecule has 0 aliphatic carbocycles. The summed E-state index contributed by atoms with van der Waals surface area (Å²) in [5.74, 6) is 1.29. The number of rotatable bonds is 4. The molecule has 7 nitrogen and oxygen atoms in total. The van der Waals surface area contributed by atoms with E-state index in [1.807, 2.05) is 25.2 Å². The minimum absolute atomic E-state index is 0.312. The second-order valence-corrected chi connectivity index (χ2v) is 9.10. The van der Waals surface area contributed by atoms with Gasteiger partial charge in [-0.25, -0.2) is 13.4 Å². The predicted octanol–water partition coefficient (Wildman–Crippen LogP) is 2.07. The number of piperidine rings is 1. The smallest absolute Gasteiger partial charge is 0.246 e. The Morgan fingerprint density at radius 1 is 1.15 bits per heavy atom. The number of sulfonamides is 1. The zero-order chi connectivity index (χ0) is 19.1. The first-order chi connectivity index (χ1) is 12.2. The van der Waals surface area contributed by atoms with Crippen molar-refractivity contribution < 1.29 is 8.42 Å². The van der Waals surface area contributed by atoms with Crippen LogP contribution in [0.15, 0.2) is 23.4 Å². The van der Waals surface area contributed by atoms with E-state index in [0.29, 0.717) is 29.6 Å². The second-order valence-electron chi connectivity index (χ2n) is 7.19. The molecule has 0 atom stereocenters. The Kier molecular flexibility index (Phi) is 5.07. The molecule has 3 heterocycles. The summed E-state index contributed by atoms with van der Waals surface area (Å²) < 4.78 is 29.0. The molecule has 1 fully saturated rings. The molecule has 0 bridgehead atoms. The van der Waals surface area contributed by atoms with Gasteiger partial charge in [0.2, 0.25) is 10.0 Å². The molecule has 0 radical (unpaired) electrons. The highest BCUT2D eigenvalue weighted by atomic mass is 32.2. The Hall–Kier alpha value is -1.93. The molecule has 1 saturated heterocycles. The van der Waals surface area contributed by atoms with E-state index >= 15 is 0 Å². The lowest BCUT2D eigenvalue weighted by Crippen LogP contribution is -2.38. The van der Waals surface area contributed by atoms with Gasteiger partial charge in [-0.15, -0.1) is 0 Å². The lowest BCUT2D eigenvalue weighted by atomic mass is 9.89. The van der Waals surface area contributed by atoms with Gasteiger partial charge in [0, 0.05) is 40.4 Å². The van der Waals surface area contributed by atoms with Crippen LogP contribution in [0.25, 0.3) is 0 Å². The van der Waals surface area contributed by atoms with Gasteiger partial charge in [0.05, 0.1) is 11.9 Å². The van der Waals surface area contributed by atoms with E-state index in [1.165, 1.54) is 17.3 Å². The molecule has 3 rings (SSSR count). The van der Waals surface area contributed by atoms with Crippen molar-refractivity contribution >= 4 is 15.8 Å². The number of pyridine rings is 1. The van der Waals surface area contributed by atoms with Crippen molar-refractivity contribution in [2.45, 2.75) is 37.5 Å². The van der Waals surface area contributed by atoms with Crippen molar-refractivity contribution in [1.82, 2.24) is 19.1 Å². The molecule has 2 aromatic heterocycles. The van der Waals surface area contributed by atoms with Gasteiger partial charge < -0.3 is 4.90 Å². The summed E-state index contributed by atoms with van der Waals surface area (Å²) in [5.41, 5.74) is 3.12. The lowest BCUT2D eigenvalue weighted by Gasteiger charge is -2.32. The van der Waals surface area contributed by atoms with Gasteiger partial charge in [-0.3, -0.25) is 4.68 Å². The maximum absolute atomic E-state index is 12.9. The van der Waals surface area contributed by atoms with Gasteiger partial charge in [0.25, 0.3) is 0 Å². The standard InChI is InChI=1S/C18H27N5O2S/c1-13-10-18(21(3)4)19-11-16(13)15-6-8-23(9-7-15)26(24,25)17-12-20-22(5)14(17)2/h10-12,15H,6-9H2,1-5H3. The fourth-order valence-electron chi connectivity index (χ4n) is 3.50. The Labute approximate surface area is 155 Å². The van der Waals surface area contributed by atoms with Crippen LogP contribution >= 0.6 is 0 Å². The largest absolute Gasteiger partial charge is 0.363 e. The first-order valence-corrected chi connectivity index (χ1v) is 10.3. The lowest BCUT2D eigenvalue weighted by molar-refractivity contribution is 0.318. The molecule has 0 spiro atoms. The molecule has 0 N–H and O–H groups in total. The van der Waals surface area contributed by atoms with Crippen LogP contribution < -0.4 is 4.90 Å². The SMILES string of the molecule is Cc1cc(N(C)C)ncc1C1CCN(S(=O)(=O)c2cnn(C)c2C)CC1. The van der Waals surface area contributed by atoms with Gasteiger partial charge in [0.15, 0.2) is 0 Å². The van der Waals surface area contributed by atoms with Crippen LogP contribution in [0, 0.1) is 13.8 Å². The van der Waals surface area contributed by atoms with Crippen LogP contribution in [0.1, 0.15) is 35.6 Å². The minimum atomic E-state index is -3.48. The van der Waals surface area contributed by atoms with Gasteiger partial charge in [-0.2, -0.15) is 9.40 Å². The van der Waals surface area contributed by atoms with Crippen molar-refractivity contribution in [2.75, 3.05) is 32.1 Å². The van der Waals surface area contributed by atoms with Crippen LogP contribution in [0.2, 0.25) is 0 Å². The fraction of sp³-hybridized carbons (Fsp3) is 0.556. The van der Waals surface area contributed by atoms with E-state index in [9.17, 15) is 8.42 Å². The molecule has 0 aromatic carbocycles. The van der Waals surface area contributed by atoms with Crippen LogP contribution in [0.5, 0.6) is 0 Å². The van der Waals surface area contributed by atoms with E-state index in [4.69, 9.17) is 0 Å². The maximum Gasteiger partial charge on any atom is 0.246 e. The molecular weight excluding hydrogens is 350 g/mol. The second kappa shape index (κ2) is 7.00. The van der Waals surface area contributed by atoms with E-state index in [-0.39, 0.29) is 0 Å². The van der Waals surface area contributed by atoms with Crippen molar-refractivity contribution in [2.24, 2.45) is 7.05 Å². The van der Waals surface area contributed by atoms with E-state index < -0.39 is 10.0 Å². The molecule has 1 aliphatic rings. The Bertz CT molecular complexity index is 896. The average molecular weight is 378 g/mol. The van der Waals surface area contributed by atoms with Crippen molar-refractivity contribution in [1.29, 1.82) is 0 Å².